The van der Waals surface area contributed by atoms with E-state index >= 15 is 0 Å². The Hall–Kier alpha value is -3.39. The van der Waals surface area contributed by atoms with E-state index in [0.717, 1.165) is 29.4 Å². The van der Waals surface area contributed by atoms with Gasteiger partial charge in [-0.2, -0.15) is 0 Å². The zero-order valence-electron chi connectivity index (χ0n) is 20.6. The molecule has 0 saturated heterocycles. The second-order valence-corrected chi connectivity index (χ2v) is 10.5. The largest absolute Gasteiger partial charge is 0.493 e. The molecule has 5 rings (SSSR count). The molecule has 1 unspecified atom stereocenters. The lowest BCUT2D eigenvalue weighted by Gasteiger charge is -2.20. The van der Waals surface area contributed by atoms with Crippen LogP contribution in [0.4, 0.5) is 4.39 Å². The number of hydrogen-bond acceptors (Lipinski definition) is 4. The average molecular weight is 509 g/mol. The number of ether oxygens (including phenoxy) is 2. The van der Waals surface area contributed by atoms with Crippen LogP contribution in [0, 0.1) is 5.82 Å². The molecule has 0 radical (unpaired) electrons. The Labute approximate surface area is 211 Å². The third-order valence-corrected chi connectivity index (χ3v) is 7.37. The van der Waals surface area contributed by atoms with Crippen LogP contribution in [-0.4, -0.2) is 39.1 Å². The topological polar surface area (TPSA) is 62.5 Å². The van der Waals surface area contributed by atoms with Crippen molar-refractivity contribution in [3.8, 4) is 22.6 Å². The number of aromatic nitrogens is 2. The molecule has 0 bridgehead atoms. The molecule has 2 atom stereocenters. The maximum Gasteiger partial charge on any atom is 0.329 e. The van der Waals surface area contributed by atoms with Crippen molar-refractivity contribution in [2.45, 2.75) is 31.8 Å². The van der Waals surface area contributed by atoms with Crippen LogP contribution in [0.25, 0.3) is 22.2 Å². The Morgan fingerprint density at radius 3 is 2.50 bits per heavy atom. The van der Waals surface area contributed by atoms with E-state index in [1.165, 1.54) is 6.07 Å². The molecule has 0 N–H and O–H groups in total. The Morgan fingerprint density at radius 2 is 1.83 bits per heavy atom. The zero-order valence-corrected chi connectivity index (χ0v) is 21.4. The van der Waals surface area contributed by atoms with Crippen LogP contribution in [0.15, 0.2) is 65.5 Å². The molecule has 8 heteroatoms. The molecule has 3 aromatic carbocycles. The summed E-state index contributed by atoms with van der Waals surface area (Å²) in [5, 5.41) is 0. The van der Waals surface area contributed by atoms with E-state index in [4.69, 9.17) is 9.47 Å². The highest BCUT2D eigenvalue weighted by atomic mass is 32.2. The first-order valence-electron chi connectivity index (χ1n) is 12.0. The lowest BCUT2D eigenvalue weighted by molar-refractivity contribution is 0.310. The van der Waals surface area contributed by atoms with Crippen LogP contribution in [-0.2, 0) is 10.8 Å². The van der Waals surface area contributed by atoms with E-state index in [-0.39, 0.29) is 23.3 Å². The molecule has 6 nitrogen and oxygen atoms in total. The predicted molar refractivity (Wildman–Crippen MR) is 141 cm³/mol. The molecular formula is C28H29FN2O4S. The van der Waals surface area contributed by atoms with Crippen LogP contribution >= 0.6 is 0 Å². The van der Waals surface area contributed by atoms with Gasteiger partial charge in [-0.25, -0.2) is 9.18 Å². The number of rotatable bonds is 9. The van der Waals surface area contributed by atoms with Crippen molar-refractivity contribution in [2.75, 3.05) is 25.7 Å². The van der Waals surface area contributed by atoms with Crippen LogP contribution < -0.4 is 15.2 Å². The zero-order chi connectivity index (χ0) is 25.4. The van der Waals surface area contributed by atoms with Gasteiger partial charge in [-0.15, -0.1) is 0 Å². The molecule has 1 saturated carbocycles. The van der Waals surface area contributed by atoms with Crippen LogP contribution in [0.2, 0.25) is 0 Å². The van der Waals surface area contributed by atoms with Gasteiger partial charge >= 0.3 is 5.69 Å². The second kappa shape index (κ2) is 9.93. The molecular weight excluding hydrogens is 479 g/mol. The van der Waals surface area contributed by atoms with Gasteiger partial charge in [-0.1, -0.05) is 30.3 Å². The minimum atomic E-state index is -1.18. The summed E-state index contributed by atoms with van der Waals surface area (Å²) in [4.78, 5) is 13.9. The van der Waals surface area contributed by atoms with E-state index in [2.05, 4.69) is 0 Å². The summed E-state index contributed by atoms with van der Waals surface area (Å²) in [5.41, 5.74) is 3.35. The van der Waals surface area contributed by atoms with E-state index < -0.39 is 16.8 Å². The molecule has 4 aromatic rings. The third-order valence-electron chi connectivity index (χ3n) is 6.58. The van der Waals surface area contributed by atoms with Crippen molar-refractivity contribution in [3.05, 3.63) is 82.5 Å². The van der Waals surface area contributed by atoms with Crippen molar-refractivity contribution in [3.63, 3.8) is 0 Å². The summed E-state index contributed by atoms with van der Waals surface area (Å²) in [6, 6.07) is 17.4. The minimum Gasteiger partial charge on any atom is -0.493 e. The molecule has 1 fully saturated rings. The van der Waals surface area contributed by atoms with Gasteiger partial charge in [0, 0.05) is 34.4 Å². The average Bonchev–Trinajstić information content (AvgIpc) is 3.65. The molecule has 1 aromatic heterocycles. The molecule has 1 aliphatic rings. The number of fused-ring (bicyclic) bond motifs is 1. The normalized spacial score (nSPS) is 15.1. The number of halogens is 1. The highest BCUT2D eigenvalue weighted by Gasteiger charge is 2.32. The standard InChI is InChI=1S/C28H29FN2O4S/c1-4-35-27-16-19(10-14-26(27)34-2)25(17-36(3)33)31-23-13-9-18(21-7-5-6-8-22(21)29)15-24(23)30(28(31)32)20-11-12-20/h5-10,13-16,20,25H,4,11-12,17H2,1-3H3/t25-,36?/m1/s1. The highest BCUT2D eigenvalue weighted by Crippen LogP contribution is 2.39. The Kier molecular flexibility index (Phi) is 6.71. The summed E-state index contributed by atoms with van der Waals surface area (Å²) < 4.78 is 41.8. The number of benzene rings is 3. The lowest BCUT2D eigenvalue weighted by atomic mass is 10.0. The van der Waals surface area contributed by atoms with Gasteiger partial charge < -0.3 is 9.47 Å². The molecule has 188 valence electrons. The van der Waals surface area contributed by atoms with Crippen molar-refractivity contribution >= 4 is 21.8 Å². The second-order valence-electron chi connectivity index (χ2n) is 9.04. The maximum absolute atomic E-state index is 14.6. The van der Waals surface area contributed by atoms with Crippen molar-refractivity contribution in [1.29, 1.82) is 0 Å². The van der Waals surface area contributed by atoms with Crippen molar-refractivity contribution in [1.82, 2.24) is 9.13 Å². The fraction of sp³-hybridized carbons (Fsp3) is 0.321. The minimum absolute atomic E-state index is 0.111. The summed E-state index contributed by atoms with van der Waals surface area (Å²) in [5.74, 6) is 1.12. The molecule has 0 amide bonds. The summed E-state index contributed by atoms with van der Waals surface area (Å²) in [7, 11) is 0.401. The first kappa shape index (κ1) is 24.3. The highest BCUT2D eigenvalue weighted by molar-refractivity contribution is 7.84. The Morgan fingerprint density at radius 1 is 1.06 bits per heavy atom. The van der Waals surface area contributed by atoms with Gasteiger partial charge in [0.1, 0.15) is 5.82 Å². The number of methoxy groups -OCH3 is 1. The van der Waals surface area contributed by atoms with E-state index in [1.54, 1.807) is 36.1 Å². The van der Waals surface area contributed by atoms with Crippen LogP contribution in [0.5, 0.6) is 11.5 Å². The lowest BCUT2D eigenvalue weighted by Crippen LogP contribution is -2.30. The number of imidazole rings is 1. The van der Waals surface area contributed by atoms with Gasteiger partial charge in [-0.05, 0) is 61.2 Å². The summed E-state index contributed by atoms with van der Waals surface area (Å²) in [6.45, 7) is 2.36. The number of hydrogen-bond donors (Lipinski definition) is 0. The van der Waals surface area contributed by atoms with Crippen LogP contribution in [0.1, 0.15) is 37.4 Å². The molecule has 36 heavy (non-hydrogen) atoms. The fourth-order valence-corrected chi connectivity index (χ4v) is 5.59. The molecule has 1 aliphatic carbocycles. The van der Waals surface area contributed by atoms with Crippen LogP contribution in [0.3, 0.4) is 0 Å². The van der Waals surface area contributed by atoms with Gasteiger partial charge in [0.05, 0.1) is 30.8 Å². The molecule has 1 heterocycles. The Bertz CT molecular complexity index is 1510. The first-order chi connectivity index (χ1) is 17.4. The van der Waals surface area contributed by atoms with E-state index in [0.29, 0.717) is 29.2 Å². The summed E-state index contributed by atoms with van der Waals surface area (Å²) >= 11 is 0. The monoisotopic (exact) mass is 508 g/mol. The van der Waals surface area contributed by atoms with Gasteiger partial charge in [-0.3, -0.25) is 13.3 Å². The molecule has 0 aliphatic heterocycles. The Balaban J connectivity index is 1.72. The van der Waals surface area contributed by atoms with Gasteiger partial charge in [0.25, 0.3) is 0 Å². The summed E-state index contributed by atoms with van der Waals surface area (Å²) in [6.07, 6.45) is 3.48. The van der Waals surface area contributed by atoms with E-state index in [1.807, 2.05) is 47.9 Å². The predicted octanol–water partition coefficient (Wildman–Crippen LogP) is 5.32. The van der Waals surface area contributed by atoms with Crippen molar-refractivity contribution < 1.29 is 18.1 Å². The SMILES string of the molecule is CCOc1cc([C@@H](CS(C)=O)n2c(=O)n(C3CC3)c3cc(-c4ccccc4F)ccc32)ccc1OC. The number of nitrogens with zero attached hydrogens (tertiary/aromatic N) is 2. The smallest absolute Gasteiger partial charge is 0.329 e. The van der Waals surface area contributed by atoms with Crippen molar-refractivity contribution in [2.24, 2.45) is 0 Å². The van der Waals surface area contributed by atoms with E-state index in [9.17, 15) is 13.4 Å². The van der Waals surface area contributed by atoms with Gasteiger partial charge in [0.15, 0.2) is 11.5 Å². The molecule has 0 spiro atoms. The maximum atomic E-state index is 14.6. The third kappa shape index (κ3) is 4.46. The quantitative estimate of drug-likeness (QED) is 0.307. The fourth-order valence-electron chi connectivity index (χ4n) is 4.80. The van der Waals surface area contributed by atoms with Gasteiger partial charge in [0.2, 0.25) is 0 Å². The first-order valence-corrected chi connectivity index (χ1v) is 13.8.